The van der Waals surface area contributed by atoms with Crippen LogP contribution in [0.25, 0.3) is 0 Å². The number of nitrogens with zero attached hydrogens (tertiary/aromatic N) is 1. The summed E-state index contributed by atoms with van der Waals surface area (Å²) in [6, 6.07) is 0.693. The van der Waals surface area contributed by atoms with Crippen LogP contribution in [-0.2, 0) is 0 Å². The topological polar surface area (TPSA) is 15.3 Å². The predicted molar refractivity (Wildman–Crippen MR) is 50.9 cm³/mol. The minimum Gasteiger partial charge on any atom is -0.312 e. The summed E-state index contributed by atoms with van der Waals surface area (Å²) >= 11 is 0. The Hall–Kier alpha value is -0.0800. The van der Waals surface area contributed by atoms with Crippen molar-refractivity contribution in [2.75, 3.05) is 26.2 Å². The van der Waals surface area contributed by atoms with E-state index in [1.807, 2.05) is 13.8 Å². The van der Waals surface area contributed by atoms with E-state index < -0.39 is 0 Å². The summed E-state index contributed by atoms with van der Waals surface area (Å²) in [5.41, 5.74) is 0. The van der Waals surface area contributed by atoms with E-state index in [2.05, 4.69) is 24.1 Å². The van der Waals surface area contributed by atoms with E-state index in [1.54, 1.807) is 0 Å². The van der Waals surface area contributed by atoms with Gasteiger partial charge in [-0.05, 0) is 13.5 Å². The first-order valence-corrected chi connectivity index (χ1v) is 4.78. The van der Waals surface area contributed by atoms with Crippen molar-refractivity contribution < 1.29 is 0 Å². The zero-order chi connectivity index (χ0) is 8.69. The molecule has 0 aromatic heterocycles. The van der Waals surface area contributed by atoms with E-state index in [4.69, 9.17) is 0 Å². The molecule has 0 spiro atoms. The van der Waals surface area contributed by atoms with Gasteiger partial charge in [0.25, 0.3) is 0 Å². The average Bonchev–Trinajstić information content (AvgIpc) is 2.08. The fourth-order valence-electron chi connectivity index (χ4n) is 1.30. The lowest BCUT2D eigenvalue weighted by molar-refractivity contribution is 0.217. The molecule has 1 fully saturated rings. The van der Waals surface area contributed by atoms with Gasteiger partial charge in [0.05, 0.1) is 0 Å². The second kappa shape index (κ2) is 6.62. The van der Waals surface area contributed by atoms with Gasteiger partial charge in [-0.15, -0.1) is 0 Å². The van der Waals surface area contributed by atoms with Crippen molar-refractivity contribution in [3.05, 3.63) is 0 Å². The van der Waals surface area contributed by atoms with Crippen LogP contribution in [0.1, 0.15) is 27.7 Å². The molecule has 1 heterocycles. The standard InChI is InChI=1S/C7H16N2.C2H6/c1-3-9-5-4-8-7(2)6-9;1-2/h7-8H,3-6H2,1-2H3;1-2H3. The Morgan fingerprint density at radius 3 is 2.45 bits per heavy atom. The first-order chi connectivity index (χ1) is 5.33. The Morgan fingerprint density at radius 2 is 2.09 bits per heavy atom. The fraction of sp³-hybridized carbons (Fsp3) is 1.00. The van der Waals surface area contributed by atoms with Crippen molar-refractivity contribution >= 4 is 0 Å². The Kier molecular flexibility index (Phi) is 6.57. The molecule has 1 atom stereocenters. The highest BCUT2D eigenvalue weighted by Gasteiger charge is 2.12. The molecule has 2 heteroatoms. The second-order valence-corrected chi connectivity index (χ2v) is 2.75. The smallest absolute Gasteiger partial charge is 0.0167 e. The Morgan fingerprint density at radius 1 is 1.45 bits per heavy atom. The number of likely N-dealkylation sites (N-methyl/N-ethyl adjacent to an activating group) is 1. The van der Waals surface area contributed by atoms with E-state index in [-0.39, 0.29) is 0 Å². The van der Waals surface area contributed by atoms with Crippen LogP contribution in [0.5, 0.6) is 0 Å². The highest BCUT2D eigenvalue weighted by atomic mass is 15.2. The van der Waals surface area contributed by atoms with E-state index in [0.717, 1.165) is 6.54 Å². The summed E-state index contributed by atoms with van der Waals surface area (Å²) in [4.78, 5) is 2.47. The van der Waals surface area contributed by atoms with Crippen LogP contribution in [0, 0.1) is 0 Å². The minimum absolute atomic E-state index is 0.693. The first kappa shape index (κ1) is 10.9. The largest absolute Gasteiger partial charge is 0.312 e. The molecule has 1 aliphatic heterocycles. The summed E-state index contributed by atoms with van der Waals surface area (Å²) in [6.07, 6.45) is 0. The molecular weight excluding hydrogens is 136 g/mol. The van der Waals surface area contributed by atoms with Crippen molar-refractivity contribution in [2.45, 2.75) is 33.7 Å². The van der Waals surface area contributed by atoms with Crippen molar-refractivity contribution in [2.24, 2.45) is 0 Å². The molecule has 1 unspecified atom stereocenters. The molecule has 0 saturated carbocycles. The summed E-state index contributed by atoms with van der Waals surface area (Å²) < 4.78 is 0. The molecule has 0 amide bonds. The number of nitrogens with one attached hydrogen (secondary N) is 1. The van der Waals surface area contributed by atoms with Crippen molar-refractivity contribution in [1.82, 2.24) is 10.2 Å². The zero-order valence-electron chi connectivity index (χ0n) is 8.35. The van der Waals surface area contributed by atoms with Crippen LogP contribution in [0.3, 0.4) is 0 Å². The maximum atomic E-state index is 3.40. The van der Waals surface area contributed by atoms with Crippen LogP contribution in [0.4, 0.5) is 0 Å². The quantitative estimate of drug-likeness (QED) is 0.619. The van der Waals surface area contributed by atoms with Gasteiger partial charge in [0.15, 0.2) is 0 Å². The van der Waals surface area contributed by atoms with Crippen LogP contribution < -0.4 is 5.32 Å². The fourth-order valence-corrected chi connectivity index (χ4v) is 1.30. The van der Waals surface area contributed by atoms with Crippen molar-refractivity contribution in [1.29, 1.82) is 0 Å². The van der Waals surface area contributed by atoms with Crippen LogP contribution in [0.15, 0.2) is 0 Å². The van der Waals surface area contributed by atoms with Gasteiger partial charge in [-0.2, -0.15) is 0 Å². The third kappa shape index (κ3) is 4.38. The Bertz CT molecular complexity index is 83.6. The van der Waals surface area contributed by atoms with E-state index in [0.29, 0.717) is 6.04 Å². The van der Waals surface area contributed by atoms with Crippen LogP contribution in [0.2, 0.25) is 0 Å². The lowest BCUT2D eigenvalue weighted by Gasteiger charge is -2.30. The van der Waals surface area contributed by atoms with Gasteiger partial charge < -0.3 is 10.2 Å². The zero-order valence-corrected chi connectivity index (χ0v) is 8.35. The van der Waals surface area contributed by atoms with Gasteiger partial charge in [-0.1, -0.05) is 20.8 Å². The lowest BCUT2D eigenvalue weighted by Crippen LogP contribution is -2.48. The maximum Gasteiger partial charge on any atom is 0.0167 e. The van der Waals surface area contributed by atoms with Gasteiger partial charge in [0.2, 0.25) is 0 Å². The summed E-state index contributed by atoms with van der Waals surface area (Å²) in [6.45, 7) is 13.3. The van der Waals surface area contributed by atoms with Crippen molar-refractivity contribution in [3.8, 4) is 0 Å². The highest BCUT2D eigenvalue weighted by Crippen LogP contribution is 1.95. The number of hydrogen-bond acceptors (Lipinski definition) is 2. The van der Waals surface area contributed by atoms with E-state index >= 15 is 0 Å². The second-order valence-electron chi connectivity index (χ2n) is 2.75. The van der Waals surface area contributed by atoms with Crippen LogP contribution >= 0.6 is 0 Å². The molecule has 0 bridgehead atoms. The predicted octanol–water partition coefficient (Wildman–Crippen LogP) is 1.33. The molecular formula is C9H22N2. The molecule has 11 heavy (non-hydrogen) atoms. The SMILES string of the molecule is CC.CCN1CCNC(C)C1. The monoisotopic (exact) mass is 158 g/mol. The molecule has 1 rings (SSSR count). The van der Waals surface area contributed by atoms with Crippen LogP contribution in [-0.4, -0.2) is 37.1 Å². The Balaban J connectivity index is 0.000000461. The molecule has 1 N–H and O–H groups in total. The molecule has 0 aliphatic carbocycles. The number of rotatable bonds is 1. The van der Waals surface area contributed by atoms with E-state index in [1.165, 1.54) is 19.6 Å². The maximum absolute atomic E-state index is 3.40. The highest BCUT2D eigenvalue weighted by molar-refractivity contribution is 4.73. The summed E-state index contributed by atoms with van der Waals surface area (Å²) in [5.74, 6) is 0. The first-order valence-electron chi connectivity index (χ1n) is 4.78. The molecule has 0 radical (unpaired) electrons. The van der Waals surface area contributed by atoms with Gasteiger partial charge in [-0.3, -0.25) is 0 Å². The molecule has 2 nitrogen and oxygen atoms in total. The van der Waals surface area contributed by atoms with Gasteiger partial charge in [0.1, 0.15) is 0 Å². The summed E-state index contributed by atoms with van der Waals surface area (Å²) in [5, 5.41) is 3.40. The Labute approximate surface area is 71.0 Å². The van der Waals surface area contributed by atoms with Gasteiger partial charge >= 0.3 is 0 Å². The third-order valence-corrected chi connectivity index (χ3v) is 1.90. The average molecular weight is 158 g/mol. The third-order valence-electron chi connectivity index (χ3n) is 1.90. The molecule has 0 aromatic rings. The summed E-state index contributed by atoms with van der Waals surface area (Å²) in [7, 11) is 0. The minimum atomic E-state index is 0.693. The normalized spacial score (nSPS) is 25.6. The van der Waals surface area contributed by atoms with Crippen molar-refractivity contribution in [3.63, 3.8) is 0 Å². The lowest BCUT2D eigenvalue weighted by atomic mass is 10.2. The molecule has 0 aromatic carbocycles. The number of piperazine rings is 1. The van der Waals surface area contributed by atoms with E-state index in [9.17, 15) is 0 Å². The molecule has 1 aliphatic rings. The molecule has 68 valence electrons. The number of hydrogen-bond donors (Lipinski definition) is 1. The molecule has 1 saturated heterocycles. The van der Waals surface area contributed by atoms with Gasteiger partial charge in [-0.25, -0.2) is 0 Å². The van der Waals surface area contributed by atoms with Gasteiger partial charge in [0, 0.05) is 25.7 Å².